The molecule has 0 spiro atoms. The number of para-hydroxylation sites is 1. The van der Waals surface area contributed by atoms with Gasteiger partial charge < -0.3 is 4.74 Å². The maximum absolute atomic E-state index is 13.1. The fourth-order valence-electron chi connectivity index (χ4n) is 4.16. The molecule has 3 rings (SSSR count). The van der Waals surface area contributed by atoms with E-state index >= 15 is 0 Å². The first-order valence-corrected chi connectivity index (χ1v) is 11.7. The van der Waals surface area contributed by atoms with Gasteiger partial charge in [-0.05, 0) is 58.6 Å². The summed E-state index contributed by atoms with van der Waals surface area (Å²) in [7, 11) is -3.44. The average Bonchev–Trinajstić information content (AvgIpc) is 3.18. The molecule has 1 aromatic carbocycles. The number of aryl methyl sites for hydroxylation is 2. The zero-order chi connectivity index (χ0) is 20.3. The summed E-state index contributed by atoms with van der Waals surface area (Å²) >= 11 is 0. The van der Waals surface area contributed by atoms with Crippen LogP contribution in [0, 0.1) is 13.8 Å². The van der Waals surface area contributed by atoms with Crippen LogP contribution in [0.3, 0.4) is 0 Å². The van der Waals surface area contributed by atoms with E-state index in [9.17, 15) is 8.42 Å². The lowest BCUT2D eigenvalue weighted by molar-refractivity contribution is 0.132. The molecule has 154 valence electrons. The molecule has 0 radical (unpaired) electrons. The summed E-state index contributed by atoms with van der Waals surface area (Å²) in [6.45, 7) is 7.73. The van der Waals surface area contributed by atoms with Gasteiger partial charge in [-0.25, -0.2) is 8.42 Å². The lowest BCUT2D eigenvalue weighted by atomic mass is 10.1. The van der Waals surface area contributed by atoms with Gasteiger partial charge >= 0.3 is 0 Å². The topological polar surface area (TPSA) is 75.3 Å². The smallest absolute Gasteiger partial charge is 0.195 e. The van der Waals surface area contributed by atoms with Crippen molar-refractivity contribution in [3.05, 3.63) is 41.7 Å². The van der Waals surface area contributed by atoms with E-state index < -0.39 is 9.84 Å². The Morgan fingerprint density at radius 3 is 2.57 bits per heavy atom. The Morgan fingerprint density at radius 2 is 1.96 bits per heavy atom. The fraction of sp³-hybridized carbons (Fsp3) is 0.571. The lowest BCUT2D eigenvalue weighted by Crippen LogP contribution is -2.41. The molecule has 0 aliphatic carbocycles. The van der Waals surface area contributed by atoms with E-state index in [1.54, 1.807) is 13.8 Å². The molecule has 28 heavy (non-hydrogen) atoms. The van der Waals surface area contributed by atoms with Crippen molar-refractivity contribution >= 4 is 9.84 Å². The van der Waals surface area contributed by atoms with Crippen LogP contribution in [0.2, 0.25) is 0 Å². The van der Waals surface area contributed by atoms with E-state index in [1.165, 1.54) is 0 Å². The summed E-state index contributed by atoms with van der Waals surface area (Å²) in [5.41, 5.74) is 1.15. The van der Waals surface area contributed by atoms with Gasteiger partial charge in [0.25, 0.3) is 0 Å². The van der Waals surface area contributed by atoms with Gasteiger partial charge in [0.1, 0.15) is 16.5 Å². The van der Waals surface area contributed by atoms with E-state index in [0.717, 1.165) is 31.4 Å². The van der Waals surface area contributed by atoms with Crippen LogP contribution in [0.25, 0.3) is 0 Å². The Morgan fingerprint density at radius 1 is 1.25 bits per heavy atom. The standard InChI is InChI=1S/C21H31N3O3S/c1-5-19(27-20-9-7-6-8-10-20)13-18-12-11-15(2)24(18)14-28(25,26)21-16(3)22-23-17(21)4/h6-10,15,18-19H,5,11-14H2,1-4H3,(H,22,23)/t15-,18-,19?/m0/s1. The molecule has 6 nitrogen and oxygen atoms in total. The van der Waals surface area contributed by atoms with Gasteiger partial charge in [0.05, 0.1) is 17.5 Å². The third kappa shape index (κ3) is 4.58. The van der Waals surface area contributed by atoms with Crippen molar-refractivity contribution in [1.82, 2.24) is 15.1 Å². The Bertz CT molecular complexity index is 860. The molecule has 1 aromatic heterocycles. The summed E-state index contributed by atoms with van der Waals surface area (Å²) in [5.74, 6) is 0.895. The van der Waals surface area contributed by atoms with Crippen molar-refractivity contribution in [2.75, 3.05) is 5.88 Å². The first kappa shape index (κ1) is 20.9. The molecule has 0 amide bonds. The van der Waals surface area contributed by atoms with Crippen LogP contribution in [0.4, 0.5) is 0 Å². The number of hydrogen-bond donors (Lipinski definition) is 1. The van der Waals surface area contributed by atoms with Crippen molar-refractivity contribution in [1.29, 1.82) is 0 Å². The van der Waals surface area contributed by atoms with Crippen molar-refractivity contribution in [2.45, 2.75) is 76.5 Å². The highest BCUT2D eigenvalue weighted by molar-refractivity contribution is 7.91. The number of nitrogens with one attached hydrogen (secondary N) is 1. The summed E-state index contributed by atoms with van der Waals surface area (Å²) in [6, 6.07) is 10.3. The minimum absolute atomic E-state index is 0.0296. The van der Waals surface area contributed by atoms with E-state index in [-0.39, 0.29) is 24.1 Å². The normalized spacial score (nSPS) is 21.7. The van der Waals surface area contributed by atoms with Crippen LogP contribution in [-0.2, 0) is 9.84 Å². The molecule has 2 heterocycles. The van der Waals surface area contributed by atoms with Gasteiger partial charge in [-0.1, -0.05) is 25.1 Å². The number of aromatic amines is 1. The van der Waals surface area contributed by atoms with Crippen molar-refractivity contribution in [3.63, 3.8) is 0 Å². The zero-order valence-corrected chi connectivity index (χ0v) is 18.0. The second-order valence-electron chi connectivity index (χ2n) is 7.80. The average molecular weight is 406 g/mol. The van der Waals surface area contributed by atoms with E-state index in [4.69, 9.17) is 4.74 Å². The van der Waals surface area contributed by atoms with Gasteiger partial charge in [0, 0.05) is 12.1 Å². The quantitative estimate of drug-likeness (QED) is 0.722. The predicted octanol–water partition coefficient (Wildman–Crippen LogP) is 3.86. The van der Waals surface area contributed by atoms with Crippen LogP contribution in [0.1, 0.15) is 50.9 Å². The van der Waals surface area contributed by atoms with E-state index in [2.05, 4.69) is 28.9 Å². The monoisotopic (exact) mass is 405 g/mol. The largest absolute Gasteiger partial charge is 0.490 e. The number of benzene rings is 1. The van der Waals surface area contributed by atoms with Crippen LogP contribution in [0.5, 0.6) is 5.75 Å². The third-order valence-electron chi connectivity index (χ3n) is 5.68. The minimum atomic E-state index is -3.44. The SMILES string of the molecule is CCC(C[C@@H]1CC[C@H](C)N1CS(=O)(=O)c1c(C)n[nH]c1C)Oc1ccccc1. The number of sulfone groups is 1. The van der Waals surface area contributed by atoms with Gasteiger partial charge in [-0.2, -0.15) is 5.10 Å². The predicted molar refractivity (Wildman–Crippen MR) is 110 cm³/mol. The van der Waals surface area contributed by atoms with Crippen LogP contribution < -0.4 is 4.74 Å². The maximum atomic E-state index is 13.1. The summed E-state index contributed by atoms with van der Waals surface area (Å²) < 4.78 is 32.3. The first-order valence-electron chi connectivity index (χ1n) is 10.0. The van der Waals surface area contributed by atoms with Gasteiger partial charge in [-0.3, -0.25) is 10.00 Å². The van der Waals surface area contributed by atoms with Crippen LogP contribution in [0.15, 0.2) is 35.2 Å². The summed E-state index contributed by atoms with van der Waals surface area (Å²) in [5, 5.41) is 6.85. The number of likely N-dealkylation sites (tertiary alicyclic amines) is 1. The van der Waals surface area contributed by atoms with E-state index in [1.807, 2.05) is 30.3 Å². The number of rotatable bonds is 8. The molecule has 3 atom stereocenters. The first-order chi connectivity index (χ1) is 13.3. The molecule has 1 N–H and O–H groups in total. The van der Waals surface area contributed by atoms with E-state index in [0.29, 0.717) is 16.3 Å². The van der Waals surface area contributed by atoms with Gasteiger partial charge in [-0.15, -0.1) is 0 Å². The number of aromatic nitrogens is 2. The molecule has 2 aromatic rings. The number of nitrogens with zero attached hydrogens (tertiary/aromatic N) is 2. The highest BCUT2D eigenvalue weighted by Gasteiger charge is 2.36. The number of H-pyrrole nitrogens is 1. The number of ether oxygens (including phenoxy) is 1. The highest BCUT2D eigenvalue weighted by Crippen LogP contribution is 2.31. The molecule has 1 aliphatic rings. The van der Waals surface area contributed by atoms with Crippen molar-refractivity contribution in [2.24, 2.45) is 0 Å². The molecule has 7 heteroatoms. The molecular weight excluding hydrogens is 374 g/mol. The molecular formula is C21H31N3O3S. The van der Waals surface area contributed by atoms with Crippen molar-refractivity contribution in [3.8, 4) is 5.75 Å². The van der Waals surface area contributed by atoms with Crippen LogP contribution in [-0.4, -0.2) is 47.6 Å². The second kappa shape index (κ2) is 8.66. The second-order valence-corrected chi connectivity index (χ2v) is 9.69. The van der Waals surface area contributed by atoms with Gasteiger partial charge in [0.2, 0.25) is 0 Å². The van der Waals surface area contributed by atoms with Crippen molar-refractivity contribution < 1.29 is 13.2 Å². The highest BCUT2D eigenvalue weighted by atomic mass is 32.2. The Labute approximate surface area is 168 Å². The zero-order valence-electron chi connectivity index (χ0n) is 17.2. The maximum Gasteiger partial charge on any atom is 0.195 e. The molecule has 0 bridgehead atoms. The Hall–Kier alpha value is -1.86. The van der Waals surface area contributed by atoms with Crippen LogP contribution >= 0.6 is 0 Å². The third-order valence-corrected chi connectivity index (χ3v) is 7.54. The molecule has 1 unspecified atom stereocenters. The summed E-state index contributed by atoms with van der Waals surface area (Å²) in [6.07, 6.45) is 3.79. The molecule has 1 fully saturated rings. The lowest BCUT2D eigenvalue weighted by Gasteiger charge is -2.30. The fourth-order valence-corrected chi connectivity index (χ4v) is 6.16. The minimum Gasteiger partial charge on any atom is -0.490 e. The molecule has 1 saturated heterocycles. The number of hydrogen-bond acceptors (Lipinski definition) is 5. The Kier molecular flexibility index (Phi) is 6.45. The molecule has 0 saturated carbocycles. The Balaban J connectivity index is 1.73. The summed E-state index contributed by atoms with van der Waals surface area (Å²) in [4.78, 5) is 2.48. The molecule has 1 aliphatic heterocycles. The van der Waals surface area contributed by atoms with Gasteiger partial charge in [0.15, 0.2) is 9.84 Å².